The van der Waals surface area contributed by atoms with Crippen molar-refractivity contribution >= 4 is 0 Å². The summed E-state index contributed by atoms with van der Waals surface area (Å²) in [5.41, 5.74) is 0. The molecule has 0 aliphatic carbocycles. The fraction of sp³-hybridized carbons (Fsp3) is 0.538. The van der Waals surface area contributed by atoms with E-state index >= 15 is 0 Å². The largest absolute Gasteiger partial charge is 0.493 e. The minimum Gasteiger partial charge on any atom is -0.493 e. The van der Waals surface area contributed by atoms with Crippen molar-refractivity contribution in [1.29, 1.82) is 0 Å². The van der Waals surface area contributed by atoms with Crippen molar-refractivity contribution in [2.24, 2.45) is 0 Å². The van der Waals surface area contributed by atoms with Crippen LogP contribution < -0.4 is 19.5 Å². The van der Waals surface area contributed by atoms with Crippen LogP contribution in [0.4, 0.5) is 0 Å². The highest BCUT2D eigenvalue weighted by molar-refractivity contribution is 5.51. The number of hydrogen-bond donors (Lipinski definition) is 1. The van der Waals surface area contributed by atoms with E-state index < -0.39 is 0 Å². The quantitative estimate of drug-likeness (QED) is 0.850. The first-order chi connectivity index (χ1) is 8.85. The molecule has 1 aromatic rings. The van der Waals surface area contributed by atoms with Crippen LogP contribution in [0.2, 0.25) is 0 Å². The molecule has 100 valence electrons. The lowest BCUT2D eigenvalue weighted by Crippen LogP contribution is -2.44. The first-order valence-electron chi connectivity index (χ1n) is 6.00. The normalized spacial score (nSPS) is 19.3. The number of para-hydroxylation sites is 1. The SMILES string of the molecule is COc1cccc(OC)c1OCC1COCCN1. The van der Waals surface area contributed by atoms with Crippen LogP contribution in [0.3, 0.4) is 0 Å². The van der Waals surface area contributed by atoms with Crippen molar-refractivity contribution < 1.29 is 18.9 Å². The Bertz CT molecular complexity index is 355. The Hall–Kier alpha value is -1.46. The summed E-state index contributed by atoms with van der Waals surface area (Å²) in [5, 5.41) is 3.33. The Balaban J connectivity index is 2.02. The molecule has 1 fully saturated rings. The smallest absolute Gasteiger partial charge is 0.203 e. The second-order valence-corrected chi connectivity index (χ2v) is 4.03. The van der Waals surface area contributed by atoms with Crippen LogP contribution in [-0.4, -0.2) is 46.6 Å². The molecule has 0 amide bonds. The highest BCUT2D eigenvalue weighted by atomic mass is 16.5. The molecule has 1 aromatic carbocycles. The molecule has 5 heteroatoms. The van der Waals surface area contributed by atoms with Gasteiger partial charge in [-0.05, 0) is 12.1 Å². The maximum atomic E-state index is 5.80. The number of hydrogen-bond acceptors (Lipinski definition) is 5. The zero-order valence-electron chi connectivity index (χ0n) is 10.8. The summed E-state index contributed by atoms with van der Waals surface area (Å²) < 4.78 is 21.7. The highest BCUT2D eigenvalue weighted by Crippen LogP contribution is 2.36. The highest BCUT2D eigenvalue weighted by Gasteiger charge is 2.17. The van der Waals surface area contributed by atoms with Gasteiger partial charge in [0.15, 0.2) is 11.5 Å². The molecular formula is C13H19NO4. The van der Waals surface area contributed by atoms with E-state index in [1.54, 1.807) is 14.2 Å². The van der Waals surface area contributed by atoms with E-state index in [9.17, 15) is 0 Å². The lowest BCUT2D eigenvalue weighted by atomic mass is 10.2. The predicted octanol–water partition coefficient (Wildman–Crippen LogP) is 1.07. The van der Waals surface area contributed by atoms with Crippen LogP contribution in [0.25, 0.3) is 0 Å². The van der Waals surface area contributed by atoms with Crippen LogP contribution in [0.5, 0.6) is 17.2 Å². The molecule has 0 spiro atoms. The zero-order chi connectivity index (χ0) is 12.8. The van der Waals surface area contributed by atoms with E-state index in [0.717, 1.165) is 13.2 Å². The number of methoxy groups -OCH3 is 2. The van der Waals surface area contributed by atoms with Gasteiger partial charge in [0.25, 0.3) is 0 Å². The van der Waals surface area contributed by atoms with Crippen molar-refractivity contribution in [3.63, 3.8) is 0 Å². The molecule has 2 rings (SSSR count). The maximum Gasteiger partial charge on any atom is 0.203 e. The van der Waals surface area contributed by atoms with Gasteiger partial charge in [0.1, 0.15) is 6.61 Å². The van der Waals surface area contributed by atoms with E-state index in [0.29, 0.717) is 30.5 Å². The van der Waals surface area contributed by atoms with Crippen LogP contribution >= 0.6 is 0 Å². The average Bonchev–Trinajstić information content (AvgIpc) is 2.45. The summed E-state index contributed by atoms with van der Waals surface area (Å²) >= 11 is 0. The second-order valence-electron chi connectivity index (χ2n) is 4.03. The van der Waals surface area contributed by atoms with Crippen molar-refractivity contribution in [3.05, 3.63) is 18.2 Å². The third kappa shape index (κ3) is 3.05. The Morgan fingerprint density at radius 1 is 1.28 bits per heavy atom. The number of rotatable bonds is 5. The summed E-state index contributed by atoms with van der Waals surface area (Å²) in [4.78, 5) is 0. The van der Waals surface area contributed by atoms with Gasteiger partial charge in [0.2, 0.25) is 5.75 Å². The Morgan fingerprint density at radius 2 is 2.00 bits per heavy atom. The van der Waals surface area contributed by atoms with Crippen molar-refractivity contribution in [2.75, 3.05) is 40.6 Å². The summed E-state index contributed by atoms with van der Waals surface area (Å²) in [6.07, 6.45) is 0. The van der Waals surface area contributed by atoms with Gasteiger partial charge in [-0.2, -0.15) is 0 Å². The predicted molar refractivity (Wildman–Crippen MR) is 67.7 cm³/mol. The lowest BCUT2D eigenvalue weighted by Gasteiger charge is -2.24. The molecule has 0 bridgehead atoms. The number of nitrogens with one attached hydrogen (secondary N) is 1. The molecule has 1 unspecified atom stereocenters. The van der Waals surface area contributed by atoms with Crippen molar-refractivity contribution in [1.82, 2.24) is 5.32 Å². The summed E-state index contributed by atoms with van der Waals surface area (Å²) in [6, 6.07) is 5.77. The van der Waals surface area contributed by atoms with Crippen LogP contribution in [0.15, 0.2) is 18.2 Å². The summed E-state index contributed by atoms with van der Waals surface area (Å²) in [5.74, 6) is 1.98. The molecule has 0 radical (unpaired) electrons. The fourth-order valence-corrected chi connectivity index (χ4v) is 1.87. The van der Waals surface area contributed by atoms with E-state index in [1.807, 2.05) is 18.2 Å². The Kier molecular flexibility index (Phi) is 4.66. The molecular weight excluding hydrogens is 234 g/mol. The third-order valence-corrected chi connectivity index (χ3v) is 2.81. The molecule has 18 heavy (non-hydrogen) atoms. The van der Waals surface area contributed by atoms with Gasteiger partial charge in [-0.1, -0.05) is 6.07 Å². The molecule has 1 saturated heterocycles. The van der Waals surface area contributed by atoms with E-state index in [2.05, 4.69) is 5.32 Å². The van der Waals surface area contributed by atoms with Crippen LogP contribution in [-0.2, 0) is 4.74 Å². The standard InChI is InChI=1S/C13H19NO4/c1-15-11-4-3-5-12(16-2)13(11)18-9-10-8-17-7-6-14-10/h3-5,10,14H,6-9H2,1-2H3. The van der Waals surface area contributed by atoms with Crippen molar-refractivity contribution in [3.8, 4) is 17.2 Å². The monoisotopic (exact) mass is 253 g/mol. The lowest BCUT2D eigenvalue weighted by molar-refractivity contribution is 0.0583. The molecule has 1 heterocycles. The minimum absolute atomic E-state index is 0.202. The van der Waals surface area contributed by atoms with E-state index in [4.69, 9.17) is 18.9 Å². The topological polar surface area (TPSA) is 49.0 Å². The summed E-state index contributed by atoms with van der Waals surface area (Å²) in [7, 11) is 3.23. The minimum atomic E-state index is 0.202. The molecule has 1 aliphatic rings. The van der Waals surface area contributed by atoms with Gasteiger partial charge in [-0.3, -0.25) is 0 Å². The van der Waals surface area contributed by atoms with Gasteiger partial charge >= 0.3 is 0 Å². The van der Waals surface area contributed by atoms with E-state index in [-0.39, 0.29) is 6.04 Å². The number of morpholine rings is 1. The van der Waals surface area contributed by atoms with Crippen molar-refractivity contribution in [2.45, 2.75) is 6.04 Å². The number of benzene rings is 1. The number of ether oxygens (including phenoxy) is 4. The van der Waals surface area contributed by atoms with Crippen LogP contribution in [0, 0.1) is 0 Å². The Morgan fingerprint density at radius 3 is 2.56 bits per heavy atom. The first-order valence-corrected chi connectivity index (χ1v) is 6.00. The molecule has 1 atom stereocenters. The van der Waals surface area contributed by atoms with Crippen LogP contribution in [0.1, 0.15) is 0 Å². The molecule has 1 aliphatic heterocycles. The Labute approximate surface area is 107 Å². The van der Waals surface area contributed by atoms with Gasteiger partial charge < -0.3 is 24.3 Å². The first kappa shape index (κ1) is 13.0. The maximum absolute atomic E-state index is 5.80. The third-order valence-electron chi connectivity index (χ3n) is 2.81. The van der Waals surface area contributed by atoms with E-state index in [1.165, 1.54) is 0 Å². The second kappa shape index (κ2) is 6.47. The molecule has 0 saturated carbocycles. The van der Waals surface area contributed by atoms with Gasteiger partial charge in [-0.25, -0.2) is 0 Å². The van der Waals surface area contributed by atoms with Gasteiger partial charge in [-0.15, -0.1) is 0 Å². The van der Waals surface area contributed by atoms with Gasteiger partial charge in [0, 0.05) is 6.54 Å². The fourth-order valence-electron chi connectivity index (χ4n) is 1.87. The molecule has 5 nitrogen and oxygen atoms in total. The zero-order valence-corrected chi connectivity index (χ0v) is 10.8. The average molecular weight is 253 g/mol. The molecule has 0 aromatic heterocycles. The molecule has 1 N–H and O–H groups in total. The van der Waals surface area contributed by atoms with Gasteiger partial charge in [0.05, 0.1) is 33.5 Å². The summed E-state index contributed by atoms with van der Waals surface area (Å²) in [6.45, 7) is 2.81.